The van der Waals surface area contributed by atoms with E-state index >= 15 is 0 Å². The van der Waals surface area contributed by atoms with Crippen molar-refractivity contribution >= 4 is 11.6 Å². The summed E-state index contributed by atoms with van der Waals surface area (Å²) in [6, 6.07) is 1.43. The molecule has 2 aromatic heterocycles. The molecule has 0 amide bonds. The monoisotopic (exact) mass is 217 g/mol. The highest BCUT2D eigenvalue weighted by Crippen LogP contribution is 2.19. The van der Waals surface area contributed by atoms with E-state index in [4.69, 9.17) is 5.73 Å². The van der Waals surface area contributed by atoms with Crippen molar-refractivity contribution in [1.82, 2.24) is 19.6 Å². The molecule has 0 saturated heterocycles. The van der Waals surface area contributed by atoms with E-state index in [1.807, 2.05) is 0 Å². The first-order chi connectivity index (χ1) is 6.96. The Morgan fingerprint density at radius 2 is 2.13 bits per heavy atom. The number of hydrogen-bond donors (Lipinski definition) is 1. The van der Waals surface area contributed by atoms with E-state index in [9.17, 15) is 13.2 Å². The van der Waals surface area contributed by atoms with E-state index in [-0.39, 0.29) is 17.4 Å². The summed E-state index contributed by atoms with van der Waals surface area (Å²) >= 11 is 0. The van der Waals surface area contributed by atoms with E-state index in [1.54, 1.807) is 0 Å². The van der Waals surface area contributed by atoms with Gasteiger partial charge in [-0.3, -0.25) is 0 Å². The Morgan fingerprint density at radius 1 is 1.40 bits per heavy atom. The summed E-state index contributed by atoms with van der Waals surface area (Å²) in [4.78, 5) is 7.33. The summed E-state index contributed by atoms with van der Waals surface area (Å²) in [5, 5.41) is 3.60. The highest BCUT2D eigenvalue weighted by molar-refractivity contribution is 5.38. The Bertz CT molecular complexity index is 489. The summed E-state index contributed by atoms with van der Waals surface area (Å²) in [5.41, 5.74) is 5.47. The molecule has 2 aromatic rings. The molecule has 15 heavy (non-hydrogen) atoms. The highest BCUT2D eigenvalue weighted by Gasteiger charge is 2.30. The second kappa shape index (κ2) is 3.07. The largest absolute Gasteiger partial charge is 0.396 e. The molecule has 0 bridgehead atoms. The van der Waals surface area contributed by atoms with Crippen LogP contribution in [0, 0.1) is 0 Å². The van der Waals surface area contributed by atoms with Gasteiger partial charge in [-0.15, -0.1) is 5.10 Å². The van der Waals surface area contributed by atoms with E-state index < -0.39 is 12.6 Å². The molecule has 0 aromatic carbocycles. The van der Waals surface area contributed by atoms with Gasteiger partial charge in [-0.1, -0.05) is 0 Å². The maximum absolute atomic E-state index is 12.0. The fourth-order valence-corrected chi connectivity index (χ4v) is 1.11. The van der Waals surface area contributed by atoms with E-state index in [2.05, 4.69) is 15.1 Å². The van der Waals surface area contributed by atoms with Crippen LogP contribution in [0.1, 0.15) is 5.82 Å². The third kappa shape index (κ3) is 1.97. The summed E-state index contributed by atoms with van der Waals surface area (Å²) in [5.74, 6) is -0.0805. The molecule has 0 aliphatic carbocycles. The zero-order chi connectivity index (χ0) is 11.1. The van der Waals surface area contributed by atoms with Crippen molar-refractivity contribution < 1.29 is 13.2 Å². The van der Waals surface area contributed by atoms with Gasteiger partial charge in [-0.2, -0.15) is 22.7 Å². The zero-order valence-electron chi connectivity index (χ0n) is 7.36. The minimum Gasteiger partial charge on any atom is -0.383 e. The molecule has 5 nitrogen and oxygen atoms in total. The molecule has 2 heterocycles. The standard InChI is InChI=1S/C7H6F3N5/c8-7(9,10)3-5-13-6-12-2-1-4(11)15(6)14-5/h1-2H,3,11H2. The Kier molecular flexibility index (Phi) is 1.98. The van der Waals surface area contributed by atoms with Crippen molar-refractivity contribution in [2.75, 3.05) is 5.73 Å². The van der Waals surface area contributed by atoms with Crippen LogP contribution in [0.4, 0.5) is 19.0 Å². The van der Waals surface area contributed by atoms with Gasteiger partial charge in [0, 0.05) is 6.20 Å². The van der Waals surface area contributed by atoms with E-state index in [0.717, 1.165) is 4.52 Å². The number of nitrogen functional groups attached to an aromatic ring is 1. The predicted molar refractivity (Wildman–Crippen MR) is 45.0 cm³/mol. The fourth-order valence-electron chi connectivity index (χ4n) is 1.11. The first-order valence-electron chi connectivity index (χ1n) is 3.98. The number of halogens is 3. The van der Waals surface area contributed by atoms with Crippen molar-refractivity contribution in [2.45, 2.75) is 12.6 Å². The molecular weight excluding hydrogens is 211 g/mol. The van der Waals surface area contributed by atoms with Crippen LogP contribution in [0.15, 0.2) is 12.3 Å². The number of hydrogen-bond acceptors (Lipinski definition) is 4. The lowest BCUT2D eigenvalue weighted by Gasteiger charge is -2.00. The lowest BCUT2D eigenvalue weighted by atomic mass is 10.4. The van der Waals surface area contributed by atoms with Gasteiger partial charge in [0.05, 0.1) is 0 Å². The van der Waals surface area contributed by atoms with Crippen LogP contribution in [0.3, 0.4) is 0 Å². The second-order valence-corrected chi connectivity index (χ2v) is 2.90. The number of nitrogens with zero attached hydrogens (tertiary/aromatic N) is 4. The molecule has 0 aliphatic rings. The summed E-state index contributed by atoms with van der Waals surface area (Å²) < 4.78 is 37.2. The van der Waals surface area contributed by atoms with Crippen LogP contribution >= 0.6 is 0 Å². The predicted octanol–water partition coefficient (Wildman–Crippen LogP) is 0.811. The number of anilines is 1. The Labute approximate surface area is 81.7 Å². The topological polar surface area (TPSA) is 69.1 Å². The maximum atomic E-state index is 12.0. The highest BCUT2D eigenvalue weighted by atomic mass is 19.4. The molecule has 0 saturated carbocycles. The van der Waals surface area contributed by atoms with Gasteiger partial charge in [-0.05, 0) is 6.07 Å². The molecule has 80 valence electrons. The summed E-state index contributed by atoms with van der Waals surface area (Å²) in [6.45, 7) is 0. The zero-order valence-corrected chi connectivity index (χ0v) is 7.36. The molecule has 8 heteroatoms. The van der Waals surface area contributed by atoms with E-state index in [1.165, 1.54) is 12.3 Å². The minimum absolute atomic E-state index is 0.0641. The Hall–Kier alpha value is -1.86. The SMILES string of the molecule is Nc1ccnc2nc(CC(F)(F)F)nn12. The van der Waals surface area contributed by atoms with Crippen molar-refractivity contribution in [3.63, 3.8) is 0 Å². The van der Waals surface area contributed by atoms with Crippen LogP contribution in [0.25, 0.3) is 5.78 Å². The molecule has 2 rings (SSSR count). The van der Waals surface area contributed by atoms with Crippen LogP contribution in [-0.2, 0) is 6.42 Å². The third-order valence-electron chi connectivity index (χ3n) is 1.67. The number of fused-ring (bicyclic) bond motifs is 1. The lowest BCUT2D eigenvalue weighted by Crippen LogP contribution is -2.12. The molecule has 0 spiro atoms. The smallest absolute Gasteiger partial charge is 0.383 e. The molecule has 0 atom stereocenters. The van der Waals surface area contributed by atoms with Crippen molar-refractivity contribution in [1.29, 1.82) is 0 Å². The van der Waals surface area contributed by atoms with Gasteiger partial charge < -0.3 is 5.73 Å². The van der Waals surface area contributed by atoms with Gasteiger partial charge in [0.15, 0.2) is 5.82 Å². The first kappa shape index (κ1) is 9.69. The first-order valence-corrected chi connectivity index (χ1v) is 3.98. The molecule has 0 unspecified atom stereocenters. The number of nitrogens with two attached hydrogens (primary N) is 1. The fraction of sp³-hybridized carbons (Fsp3) is 0.286. The average molecular weight is 217 g/mol. The van der Waals surface area contributed by atoms with Gasteiger partial charge in [-0.25, -0.2) is 4.98 Å². The normalized spacial score (nSPS) is 12.2. The third-order valence-corrected chi connectivity index (χ3v) is 1.67. The molecule has 0 fully saturated rings. The van der Waals surface area contributed by atoms with Crippen molar-refractivity contribution in [2.24, 2.45) is 0 Å². The number of aromatic nitrogens is 4. The van der Waals surface area contributed by atoms with Gasteiger partial charge in [0.2, 0.25) is 0 Å². The van der Waals surface area contributed by atoms with Crippen molar-refractivity contribution in [3.05, 3.63) is 18.1 Å². The molecule has 0 radical (unpaired) electrons. The minimum atomic E-state index is -4.33. The Morgan fingerprint density at radius 3 is 2.73 bits per heavy atom. The van der Waals surface area contributed by atoms with Crippen molar-refractivity contribution in [3.8, 4) is 0 Å². The van der Waals surface area contributed by atoms with Crippen LogP contribution in [0.5, 0.6) is 0 Å². The van der Waals surface area contributed by atoms with Gasteiger partial charge in [0.1, 0.15) is 12.2 Å². The number of alkyl halides is 3. The molecule has 0 aliphatic heterocycles. The maximum Gasteiger partial charge on any atom is 0.396 e. The van der Waals surface area contributed by atoms with Gasteiger partial charge in [0.25, 0.3) is 5.78 Å². The van der Waals surface area contributed by atoms with E-state index in [0.29, 0.717) is 0 Å². The van der Waals surface area contributed by atoms with Gasteiger partial charge >= 0.3 is 6.18 Å². The summed E-state index contributed by atoms with van der Waals surface area (Å²) in [6.07, 6.45) is -4.16. The average Bonchev–Trinajstić information content (AvgIpc) is 2.45. The number of rotatable bonds is 1. The second-order valence-electron chi connectivity index (χ2n) is 2.90. The molecule has 2 N–H and O–H groups in total. The molecular formula is C7H6F3N5. The van der Waals surface area contributed by atoms with Crippen LogP contribution in [0.2, 0.25) is 0 Å². The quantitative estimate of drug-likeness (QED) is 0.767. The summed E-state index contributed by atoms with van der Waals surface area (Å²) in [7, 11) is 0. The van der Waals surface area contributed by atoms with Crippen LogP contribution < -0.4 is 5.73 Å². The van der Waals surface area contributed by atoms with Crippen LogP contribution in [-0.4, -0.2) is 25.8 Å². The lowest BCUT2D eigenvalue weighted by molar-refractivity contribution is -0.128. The Balaban J connectivity index is 2.44.